The number of rotatable bonds is 5. The number of aromatic nitrogens is 4. The SMILES string of the molecule is Cc1nccn1C[C@@H]1CCCN(C(=O)Nc2nnc(Cc3ccccc3)s2)C1. The Bertz CT molecular complexity index is 922. The molecule has 0 radical (unpaired) electrons. The molecule has 1 atom stereocenters. The number of nitrogens with one attached hydrogen (secondary N) is 1. The number of carbonyl (C=O) groups excluding carboxylic acids is 1. The summed E-state index contributed by atoms with van der Waals surface area (Å²) < 4.78 is 2.16. The number of benzene rings is 1. The Morgan fingerprint density at radius 1 is 1.29 bits per heavy atom. The largest absolute Gasteiger partial charge is 0.335 e. The Balaban J connectivity index is 1.32. The normalized spacial score (nSPS) is 16.9. The molecule has 0 spiro atoms. The fourth-order valence-electron chi connectivity index (χ4n) is 3.59. The molecule has 4 rings (SSSR count). The van der Waals surface area contributed by atoms with E-state index in [0.717, 1.165) is 49.7 Å². The summed E-state index contributed by atoms with van der Waals surface area (Å²) in [5.74, 6) is 1.46. The summed E-state index contributed by atoms with van der Waals surface area (Å²) >= 11 is 1.43. The van der Waals surface area contributed by atoms with E-state index >= 15 is 0 Å². The summed E-state index contributed by atoms with van der Waals surface area (Å²) in [6.45, 7) is 4.44. The lowest BCUT2D eigenvalue weighted by Crippen LogP contribution is -2.43. The Labute approximate surface area is 168 Å². The average molecular weight is 397 g/mol. The molecule has 0 aliphatic carbocycles. The molecule has 28 heavy (non-hydrogen) atoms. The van der Waals surface area contributed by atoms with Crippen LogP contribution in [0.2, 0.25) is 0 Å². The first kappa shape index (κ1) is 18.6. The van der Waals surface area contributed by atoms with Crippen LogP contribution in [0.15, 0.2) is 42.7 Å². The minimum absolute atomic E-state index is 0.0885. The third kappa shape index (κ3) is 4.56. The van der Waals surface area contributed by atoms with Gasteiger partial charge in [-0.2, -0.15) is 0 Å². The van der Waals surface area contributed by atoms with Gasteiger partial charge in [0.25, 0.3) is 0 Å². The van der Waals surface area contributed by atoms with Gasteiger partial charge in [-0.3, -0.25) is 5.32 Å². The maximum Gasteiger partial charge on any atom is 0.323 e. The fraction of sp³-hybridized carbons (Fsp3) is 0.400. The van der Waals surface area contributed by atoms with Crippen LogP contribution in [0.1, 0.15) is 29.2 Å². The van der Waals surface area contributed by atoms with Crippen molar-refractivity contribution in [2.24, 2.45) is 5.92 Å². The molecule has 0 saturated carbocycles. The van der Waals surface area contributed by atoms with Crippen molar-refractivity contribution in [3.8, 4) is 0 Å². The second-order valence-electron chi connectivity index (χ2n) is 7.17. The van der Waals surface area contributed by atoms with E-state index in [9.17, 15) is 4.79 Å². The molecule has 3 aromatic rings. The zero-order chi connectivity index (χ0) is 19.3. The van der Waals surface area contributed by atoms with Gasteiger partial charge in [0, 0.05) is 38.4 Å². The standard InChI is InChI=1S/C20H24N6OS/c1-15-21-9-11-25(15)13-17-8-5-10-26(14-17)20(27)22-19-24-23-18(28-19)12-16-6-3-2-4-7-16/h2-4,6-7,9,11,17H,5,8,10,12-14H2,1H3,(H,22,24,27)/t17-/m0/s1. The van der Waals surface area contributed by atoms with E-state index in [1.807, 2.05) is 42.4 Å². The number of carbonyl (C=O) groups is 1. The Morgan fingerprint density at radius 3 is 2.93 bits per heavy atom. The van der Waals surface area contributed by atoms with Gasteiger partial charge < -0.3 is 9.47 Å². The molecule has 3 heterocycles. The van der Waals surface area contributed by atoms with E-state index < -0.39 is 0 Å². The maximum atomic E-state index is 12.7. The van der Waals surface area contributed by atoms with E-state index in [4.69, 9.17) is 0 Å². The van der Waals surface area contributed by atoms with Crippen LogP contribution in [0.4, 0.5) is 9.93 Å². The van der Waals surface area contributed by atoms with Gasteiger partial charge in [0.15, 0.2) is 0 Å². The molecular formula is C20H24N6OS. The van der Waals surface area contributed by atoms with Crippen molar-refractivity contribution in [1.29, 1.82) is 0 Å². The lowest BCUT2D eigenvalue weighted by Gasteiger charge is -2.32. The minimum Gasteiger partial charge on any atom is -0.335 e. The Morgan fingerprint density at radius 2 is 2.14 bits per heavy atom. The van der Waals surface area contributed by atoms with Crippen LogP contribution in [-0.2, 0) is 13.0 Å². The van der Waals surface area contributed by atoms with E-state index in [-0.39, 0.29) is 6.03 Å². The molecule has 1 saturated heterocycles. The van der Waals surface area contributed by atoms with Gasteiger partial charge in [0.1, 0.15) is 10.8 Å². The van der Waals surface area contributed by atoms with Crippen LogP contribution in [0, 0.1) is 12.8 Å². The number of aryl methyl sites for hydroxylation is 1. The lowest BCUT2D eigenvalue weighted by molar-refractivity contribution is 0.170. The van der Waals surface area contributed by atoms with E-state index in [0.29, 0.717) is 11.0 Å². The molecule has 0 bridgehead atoms. The van der Waals surface area contributed by atoms with Crippen molar-refractivity contribution in [2.45, 2.75) is 32.7 Å². The summed E-state index contributed by atoms with van der Waals surface area (Å²) in [4.78, 5) is 18.9. The average Bonchev–Trinajstić information content (AvgIpc) is 3.32. The number of likely N-dealkylation sites (tertiary alicyclic amines) is 1. The van der Waals surface area contributed by atoms with Gasteiger partial charge in [-0.15, -0.1) is 10.2 Å². The van der Waals surface area contributed by atoms with Gasteiger partial charge in [0.2, 0.25) is 5.13 Å². The fourth-order valence-corrected chi connectivity index (χ4v) is 4.35. The lowest BCUT2D eigenvalue weighted by atomic mass is 9.98. The van der Waals surface area contributed by atoms with Gasteiger partial charge in [-0.1, -0.05) is 41.7 Å². The van der Waals surface area contributed by atoms with Crippen LogP contribution in [-0.4, -0.2) is 43.8 Å². The molecule has 2 aromatic heterocycles. The number of anilines is 1. The minimum atomic E-state index is -0.0885. The number of amides is 2. The monoisotopic (exact) mass is 396 g/mol. The van der Waals surface area contributed by atoms with Crippen LogP contribution in [0.5, 0.6) is 0 Å². The molecular weight excluding hydrogens is 372 g/mol. The molecule has 1 fully saturated rings. The summed E-state index contributed by atoms with van der Waals surface area (Å²) in [5, 5.41) is 12.7. The summed E-state index contributed by atoms with van der Waals surface area (Å²) in [6, 6.07) is 10.1. The van der Waals surface area contributed by atoms with E-state index in [1.165, 1.54) is 16.9 Å². The van der Waals surface area contributed by atoms with E-state index in [1.54, 1.807) is 0 Å². The Kier molecular flexibility index (Phi) is 5.66. The first-order valence-corrected chi connectivity index (χ1v) is 10.4. The highest BCUT2D eigenvalue weighted by atomic mass is 32.1. The number of nitrogens with zero attached hydrogens (tertiary/aromatic N) is 5. The van der Waals surface area contributed by atoms with Crippen LogP contribution < -0.4 is 5.32 Å². The van der Waals surface area contributed by atoms with Crippen molar-refractivity contribution in [3.63, 3.8) is 0 Å². The third-order valence-electron chi connectivity index (χ3n) is 5.06. The predicted octanol–water partition coefficient (Wildman–Crippen LogP) is 3.58. The first-order chi connectivity index (χ1) is 13.7. The van der Waals surface area contributed by atoms with E-state index in [2.05, 4.69) is 37.2 Å². The molecule has 146 valence electrons. The molecule has 1 N–H and O–H groups in total. The number of hydrogen-bond donors (Lipinski definition) is 1. The summed E-state index contributed by atoms with van der Waals surface area (Å²) in [7, 11) is 0. The number of urea groups is 1. The van der Waals surface area contributed by atoms with Crippen LogP contribution >= 0.6 is 11.3 Å². The number of imidazole rings is 1. The van der Waals surface area contributed by atoms with Crippen molar-refractivity contribution < 1.29 is 4.79 Å². The highest BCUT2D eigenvalue weighted by Gasteiger charge is 2.25. The molecule has 7 nitrogen and oxygen atoms in total. The molecule has 8 heteroatoms. The second-order valence-corrected chi connectivity index (χ2v) is 8.24. The van der Waals surface area contributed by atoms with Crippen LogP contribution in [0.25, 0.3) is 0 Å². The second kappa shape index (κ2) is 8.52. The number of hydrogen-bond acceptors (Lipinski definition) is 5. The predicted molar refractivity (Wildman–Crippen MR) is 109 cm³/mol. The third-order valence-corrected chi connectivity index (χ3v) is 5.90. The molecule has 1 aliphatic heterocycles. The molecule has 2 amide bonds. The van der Waals surface area contributed by atoms with Crippen molar-refractivity contribution in [3.05, 3.63) is 59.1 Å². The zero-order valence-electron chi connectivity index (χ0n) is 15.9. The molecule has 1 aromatic carbocycles. The zero-order valence-corrected chi connectivity index (χ0v) is 16.7. The Hall–Kier alpha value is -2.74. The number of piperidine rings is 1. The van der Waals surface area contributed by atoms with Crippen molar-refractivity contribution in [1.82, 2.24) is 24.6 Å². The van der Waals surface area contributed by atoms with Crippen molar-refractivity contribution in [2.75, 3.05) is 18.4 Å². The molecule has 0 unspecified atom stereocenters. The van der Waals surface area contributed by atoms with Crippen molar-refractivity contribution >= 4 is 22.5 Å². The van der Waals surface area contributed by atoms with Gasteiger partial charge in [0.05, 0.1) is 0 Å². The highest BCUT2D eigenvalue weighted by molar-refractivity contribution is 7.15. The first-order valence-electron chi connectivity index (χ1n) is 9.57. The highest BCUT2D eigenvalue weighted by Crippen LogP contribution is 2.22. The summed E-state index contributed by atoms with van der Waals surface area (Å²) in [5.41, 5.74) is 1.19. The van der Waals surface area contributed by atoms with Gasteiger partial charge in [-0.05, 0) is 31.2 Å². The van der Waals surface area contributed by atoms with Gasteiger partial charge >= 0.3 is 6.03 Å². The molecule has 1 aliphatic rings. The van der Waals surface area contributed by atoms with Gasteiger partial charge in [-0.25, -0.2) is 9.78 Å². The topological polar surface area (TPSA) is 75.9 Å². The quantitative estimate of drug-likeness (QED) is 0.715. The maximum absolute atomic E-state index is 12.7. The summed E-state index contributed by atoms with van der Waals surface area (Å²) in [6.07, 6.45) is 6.70. The smallest absolute Gasteiger partial charge is 0.323 e. The van der Waals surface area contributed by atoms with Crippen LogP contribution in [0.3, 0.4) is 0 Å².